The van der Waals surface area contributed by atoms with E-state index in [1.165, 1.54) is 18.2 Å². The highest BCUT2D eigenvalue weighted by Gasteiger charge is 2.21. The van der Waals surface area contributed by atoms with E-state index in [1.807, 2.05) is 0 Å². The Morgan fingerprint density at radius 2 is 1.24 bits per heavy atom. The van der Waals surface area contributed by atoms with Gasteiger partial charge in [-0.3, -0.25) is 9.11 Å². The standard InChI is InChI=1S/C10H15NO8S2/c1-6(20(12,13)14)18-9-3-8(11)4-10(5-9)19-7(2)21(15,16)17/h3-7H,11H2,1-2H3,(H,12,13,14)(H,15,16,17). The molecule has 21 heavy (non-hydrogen) atoms. The lowest BCUT2D eigenvalue weighted by atomic mass is 10.3. The molecule has 120 valence electrons. The summed E-state index contributed by atoms with van der Waals surface area (Å²) in [6, 6.07) is 3.68. The molecular weight excluding hydrogens is 326 g/mol. The van der Waals surface area contributed by atoms with Crippen LogP contribution in [0.15, 0.2) is 18.2 Å². The Morgan fingerprint density at radius 1 is 0.905 bits per heavy atom. The van der Waals surface area contributed by atoms with E-state index in [0.29, 0.717) is 0 Å². The van der Waals surface area contributed by atoms with Crippen molar-refractivity contribution in [2.24, 2.45) is 0 Å². The summed E-state index contributed by atoms with van der Waals surface area (Å²) < 4.78 is 71.0. The van der Waals surface area contributed by atoms with Gasteiger partial charge in [0.2, 0.25) is 10.9 Å². The Labute approximate surface area is 122 Å². The highest BCUT2D eigenvalue weighted by molar-refractivity contribution is 7.86. The van der Waals surface area contributed by atoms with Crippen LogP contribution in [-0.2, 0) is 20.2 Å². The van der Waals surface area contributed by atoms with Crippen molar-refractivity contribution < 1.29 is 35.4 Å². The molecular formula is C10H15NO8S2. The molecule has 0 saturated heterocycles. The fraction of sp³-hybridized carbons (Fsp3) is 0.400. The maximum Gasteiger partial charge on any atom is 0.303 e. The molecule has 2 unspecified atom stereocenters. The molecule has 0 radical (unpaired) electrons. The second kappa shape index (κ2) is 6.05. The second-order valence-corrected chi connectivity index (χ2v) is 7.53. The third kappa shape index (κ3) is 5.38. The van der Waals surface area contributed by atoms with Crippen molar-refractivity contribution in [3.05, 3.63) is 18.2 Å². The van der Waals surface area contributed by atoms with Crippen molar-refractivity contribution in [3.8, 4) is 11.5 Å². The molecule has 1 aromatic rings. The largest absolute Gasteiger partial charge is 0.472 e. The lowest BCUT2D eigenvalue weighted by Gasteiger charge is -2.15. The number of hydrogen-bond donors (Lipinski definition) is 3. The molecule has 0 amide bonds. The summed E-state index contributed by atoms with van der Waals surface area (Å²) in [5, 5.41) is 0. The fourth-order valence-electron chi connectivity index (χ4n) is 1.23. The summed E-state index contributed by atoms with van der Waals surface area (Å²) in [5.41, 5.74) is 2.55. The minimum atomic E-state index is -4.41. The highest BCUT2D eigenvalue weighted by Crippen LogP contribution is 2.27. The lowest BCUT2D eigenvalue weighted by molar-refractivity contribution is 0.261. The third-order valence-electron chi connectivity index (χ3n) is 2.35. The van der Waals surface area contributed by atoms with E-state index < -0.39 is 31.1 Å². The number of rotatable bonds is 6. The summed E-state index contributed by atoms with van der Waals surface area (Å²) in [4.78, 5) is 0. The topological polar surface area (TPSA) is 153 Å². The zero-order valence-electron chi connectivity index (χ0n) is 11.1. The Hall–Kier alpha value is -1.56. The van der Waals surface area contributed by atoms with Gasteiger partial charge in [0.15, 0.2) is 0 Å². The first-order valence-electron chi connectivity index (χ1n) is 5.56. The molecule has 9 nitrogen and oxygen atoms in total. The van der Waals surface area contributed by atoms with E-state index >= 15 is 0 Å². The Kier molecular flexibility index (Phi) is 5.04. The first-order chi connectivity index (χ1) is 9.39. The van der Waals surface area contributed by atoms with Crippen LogP contribution in [-0.4, -0.2) is 36.8 Å². The third-order valence-corrected chi connectivity index (χ3v) is 4.22. The fourth-order valence-corrected chi connectivity index (χ4v) is 1.70. The Bertz CT molecular complexity index is 654. The molecule has 0 fully saturated rings. The van der Waals surface area contributed by atoms with Crippen LogP contribution in [0.3, 0.4) is 0 Å². The SMILES string of the molecule is CC(Oc1cc(N)cc(OC(C)S(=O)(=O)O)c1)S(=O)(=O)O. The Morgan fingerprint density at radius 3 is 1.52 bits per heavy atom. The first-order valence-corrected chi connectivity index (χ1v) is 8.56. The molecule has 0 saturated carbocycles. The van der Waals surface area contributed by atoms with Gasteiger partial charge in [0.25, 0.3) is 0 Å². The molecule has 0 bridgehead atoms. The van der Waals surface area contributed by atoms with E-state index in [0.717, 1.165) is 13.8 Å². The number of benzene rings is 1. The van der Waals surface area contributed by atoms with Crippen molar-refractivity contribution in [1.82, 2.24) is 0 Å². The normalized spacial score (nSPS) is 15.2. The van der Waals surface area contributed by atoms with Crippen LogP contribution >= 0.6 is 0 Å². The predicted molar refractivity (Wildman–Crippen MR) is 74.1 cm³/mol. The van der Waals surface area contributed by atoms with E-state index in [1.54, 1.807) is 0 Å². The van der Waals surface area contributed by atoms with Crippen LogP contribution in [0.2, 0.25) is 0 Å². The van der Waals surface area contributed by atoms with Gasteiger partial charge >= 0.3 is 20.2 Å². The van der Waals surface area contributed by atoms with Gasteiger partial charge in [-0.25, -0.2) is 0 Å². The molecule has 0 aliphatic carbocycles. The predicted octanol–water partition coefficient (Wildman–Crippen LogP) is 0.494. The number of ether oxygens (including phenoxy) is 2. The van der Waals surface area contributed by atoms with Gasteiger partial charge in [-0.05, 0) is 13.8 Å². The molecule has 11 heteroatoms. The summed E-state index contributed by atoms with van der Waals surface area (Å²) in [5.74, 6) is -0.115. The molecule has 0 aromatic heterocycles. The van der Waals surface area contributed by atoms with E-state index in [-0.39, 0.29) is 17.2 Å². The Balaban J connectivity index is 3.01. The van der Waals surface area contributed by atoms with Crippen LogP contribution in [0, 0.1) is 0 Å². The van der Waals surface area contributed by atoms with Gasteiger partial charge < -0.3 is 15.2 Å². The zero-order chi connectivity index (χ0) is 16.4. The van der Waals surface area contributed by atoms with Crippen molar-refractivity contribution in [1.29, 1.82) is 0 Å². The van der Waals surface area contributed by atoms with Gasteiger partial charge in [-0.1, -0.05) is 0 Å². The van der Waals surface area contributed by atoms with Crippen molar-refractivity contribution in [3.63, 3.8) is 0 Å². The monoisotopic (exact) mass is 341 g/mol. The van der Waals surface area contributed by atoms with Gasteiger partial charge in [0.1, 0.15) is 11.5 Å². The van der Waals surface area contributed by atoms with E-state index in [2.05, 4.69) is 0 Å². The minimum absolute atomic E-state index is 0.0577. The van der Waals surface area contributed by atoms with Crippen LogP contribution in [0.5, 0.6) is 11.5 Å². The van der Waals surface area contributed by atoms with Crippen molar-refractivity contribution in [2.75, 3.05) is 5.73 Å². The average molecular weight is 341 g/mol. The smallest absolute Gasteiger partial charge is 0.303 e. The summed E-state index contributed by atoms with van der Waals surface area (Å²) >= 11 is 0. The highest BCUT2D eigenvalue weighted by atomic mass is 32.2. The van der Waals surface area contributed by atoms with E-state index in [4.69, 9.17) is 24.3 Å². The van der Waals surface area contributed by atoms with Crippen LogP contribution in [0.4, 0.5) is 5.69 Å². The molecule has 2 atom stereocenters. The van der Waals surface area contributed by atoms with Gasteiger partial charge in [-0.2, -0.15) is 16.8 Å². The van der Waals surface area contributed by atoms with Gasteiger partial charge in [0, 0.05) is 23.9 Å². The molecule has 0 heterocycles. The van der Waals surface area contributed by atoms with Crippen LogP contribution in [0.1, 0.15) is 13.8 Å². The lowest BCUT2D eigenvalue weighted by Crippen LogP contribution is -2.24. The van der Waals surface area contributed by atoms with Crippen molar-refractivity contribution in [2.45, 2.75) is 24.7 Å². The van der Waals surface area contributed by atoms with Crippen LogP contribution in [0.25, 0.3) is 0 Å². The zero-order valence-corrected chi connectivity index (χ0v) is 12.8. The minimum Gasteiger partial charge on any atom is -0.472 e. The maximum absolute atomic E-state index is 10.9. The molecule has 1 aromatic carbocycles. The van der Waals surface area contributed by atoms with Gasteiger partial charge in [-0.15, -0.1) is 0 Å². The second-order valence-electron chi connectivity index (χ2n) is 4.14. The molecule has 4 N–H and O–H groups in total. The number of nitrogen functional groups attached to an aromatic ring is 1. The summed E-state index contributed by atoms with van der Waals surface area (Å²) in [6.45, 7) is 2.19. The molecule has 0 spiro atoms. The number of nitrogens with two attached hydrogens (primary N) is 1. The summed E-state index contributed by atoms with van der Waals surface area (Å²) in [6.07, 6.45) is 0. The van der Waals surface area contributed by atoms with Gasteiger partial charge in [0.05, 0.1) is 0 Å². The van der Waals surface area contributed by atoms with E-state index in [9.17, 15) is 16.8 Å². The number of anilines is 1. The molecule has 0 aliphatic rings. The molecule has 0 aliphatic heterocycles. The first kappa shape index (κ1) is 17.5. The van der Waals surface area contributed by atoms with Crippen LogP contribution < -0.4 is 15.2 Å². The molecule has 1 rings (SSSR count). The number of hydrogen-bond acceptors (Lipinski definition) is 7. The quantitative estimate of drug-likeness (QED) is 0.495. The van der Waals surface area contributed by atoms with Crippen molar-refractivity contribution >= 4 is 25.9 Å². The summed E-state index contributed by atoms with van der Waals surface area (Å²) in [7, 11) is -8.83. The average Bonchev–Trinajstić information content (AvgIpc) is 2.25. The maximum atomic E-state index is 10.9.